The fraction of sp³-hybridized carbons (Fsp3) is 0.714. The van der Waals surface area contributed by atoms with E-state index in [1.807, 2.05) is 0 Å². The van der Waals surface area contributed by atoms with Gasteiger partial charge in [-0.3, -0.25) is 9.48 Å². The van der Waals surface area contributed by atoms with Gasteiger partial charge >= 0.3 is 6.18 Å². The largest absolute Gasteiger partial charge is 0.435 e. The Hall–Kier alpha value is -1.57. The van der Waals surface area contributed by atoms with Crippen LogP contribution in [0, 0.1) is 0 Å². The molecule has 1 aliphatic carbocycles. The lowest BCUT2D eigenvalue weighted by atomic mass is 10.1. The molecule has 2 N–H and O–H groups in total. The highest BCUT2D eigenvalue weighted by Crippen LogP contribution is 2.31. The predicted octanol–water partition coefficient (Wildman–Crippen LogP) is 1.89. The molecule has 0 atom stereocenters. The Morgan fingerprint density at radius 2 is 2.09 bits per heavy atom. The fourth-order valence-corrected chi connectivity index (χ4v) is 2.73. The summed E-state index contributed by atoms with van der Waals surface area (Å²) >= 11 is 0. The van der Waals surface area contributed by atoms with Crippen LogP contribution in [0.5, 0.6) is 0 Å². The third-order valence-electron chi connectivity index (χ3n) is 3.74. The van der Waals surface area contributed by atoms with E-state index in [9.17, 15) is 18.0 Å². The zero-order chi connectivity index (χ0) is 16.2. The highest BCUT2D eigenvalue weighted by molar-refractivity contribution is 5.76. The van der Waals surface area contributed by atoms with Crippen molar-refractivity contribution in [3.63, 3.8) is 0 Å². The maximum Gasteiger partial charge on any atom is 0.435 e. The molecule has 0 aromatic carbocycles. The summed E-state index contributed by atoms with van der Waals surface area (Å²) in [4.78, 5) is 11.9. The smallest absolute Gasteiger partial charge is 0.396 e. The zero-order valence-corrected chi connectivity index (χ0v) is 12.2. The molecule has 1 amide bonds. The van der Waals surface area contributed by atoms with Gasteiger partial charge in [0.1, 0.15) is 6.54 Å². The van der Waals surface area contributed by atoms with E-state index in [2.05, 4.69) is 10.4 Å². The monoisotopic (exact) mass is 319 g/mol. The van der Waals surface area contributed by atoms with Gasteiger partial charge in [0.2, 0.25) is 5.91 Å². The number of carbonyl (C=O) groups excluding carboxylic acids is 1. The Morgan fingerprint density at radius 3 is 2.68 bits per heavy atom. The molecule has 0 radical (unpaired) electrons. The van der Waals surface area contributed by atoms with Crippen molar-refractivity contribution in [2.24, 2.45) is 0 Å². The van der Waals surface area contributed by atoms with Crippen molar-refractivity contribution in [1.82, 2.24) is 15.1 Å². The summed E-state index contributed by atoms with van der Waals surface area (Å²) in [5.74, 6) is -0.322. The summed E-state index contributed by atoms with van der Waals surface area (Å²) in [7, 11) is 0. The normalized spacial score (nSPS) is 16.2. The number of hydrogen-bond donors (Lipinski definition) is 2. The Kier molecular flexibility index (Phi) is 5.44. The maximum absolute atomic E-state index is 12.9. The number of nitrogens with zero attached hydrogens (tertiary/aromatic N) is 2. The number of hydrogen-bond acceptors (Lipinski definition) is 3. The molecule has 0 saturated heterocycles. The number of halogens is 3. The number of aromatic nitrogens is 2. The average Bonchev–Trinajstić information content (AvgIpc) is 3.05. The highest BCUT2D eigenvalue weighted by atomic mass is 19.4. The number of rotatable bonds is 6. The van der Waals surface area contributed by atoms with Crippen LogP contribution in [0.2, 0.25) is 0 Å². The number of aliphatic hydroxyl groups is 1. The molecular formula is C14H20F3N3O2. The van der Waals surface area contributed by atoms with E-state index in [0.717, 1.165) is 30.4 Å². The third kappa shape index (κ3) is 4.46. The van der Waals surface area contributed by atoms with E-state index >= 15 is 0 Å². The lowest BCUT2D eigenvalue weighted by molar-refractivity contribution is -0.142. The average molecular weight is 319 g/mol. The molecule has 0 bridgehead atoms. The van der Waals surface area contributed by atoms with Crippen LogP contribution in [0.3, 0.4) is 0 Å². The second kappa shape index (κ2) is 7.13. The molecule has 1 saturated carbocycles. The van der Waals surface area contributed by atoms with E-state index in [1.165, 1.54) is 6.20 Å². The first kappa shape index (κ1) is 16.8. The van der Waals surface area contributed by atoms with Gasteiger partial charge < -0.3 is 10.4 Å². The molecule has 22 heavy (non-hydrogen) atoms. The van der Waals surface area contributed by atoms with E-state index in [0.29, 0.717) is 0 Å². The first-order chi connectivity index (χ1) is 10.4. The van der Waals surface area contributed by atoms with E-state index in [-0.39, 0.29) is 43.5 Å². The summed E-state index contributed by atoms with van der Waals surface area (Å²) in [5.41, 5.74) is -0.968. The second-order valence-electron chi connectivity index (χ2n) is 5.57. The minimum atomic E-state index is -4.56. The number of amides is 1. The second-order valence-corrected chi connectivity index (χ2v) is 5.57. The Bertz CT molecular complexity index is 508. The molecule has 5 nitrogen and oxygen atoms in total. The topological polar surface area (TPSA) is 67.2 Å². The number of aryl methyl sites for hydroxylation is 1. The number of carbonyl (C=O) groups is 1. The van der Waals surface area contributed by atoms with Crippen LogP contribution in [0.4, 0.5) is 13.2 Å². The fourth-order valence-electron chi connectivity index (χ4n) is 2.73. The molecule has 1 aromatic rings. The van der Waals surface area contributed by atoms with Gasteiger partial charge in [0.25, 0.3) is 0 Å². The summed E-state index contributed by atoms with van der Waals surface area (Å²) in [6, 6.07) is 0.124. The van der Waals surface area contributed by atoms with E-state index in [4.69, 9.17) is 5.11 Å². The van der Waals surface area contributed by atoms with Crippen molar-refractivity contribution >= 4 is 5.91 Å². The Morgan fingerprint density at radius 1 is 1.41 bits per heavy atom. The van der Waals surface area contributed by atoms with Gasteiger partial charge in [-0.2, -0.15) is 18.3 Å². The molecule has 124 valence electrons. The van der Waals surface area contributed by atoms with Crippen LogP contribution in [0.1, 0.15) is 43.4 Å². The summed E-state index contributed by atoms with van der Waals surface area (Å²) in [6.45, 7) is -0.413. The molecule has 2 rings (SSSR count). The van der Waals surface area contributed by atoms with Crippen LogP contribution in [-0.4, -0.2) is 33.4 Å². The lowest BCUT2D eigenvalue weighted by Crippen LogP contribution is -2.35. The SMILES string of the molecule is O=C(Cn1cc(CCCO)c(C(F)(F)F)n1)NC1CCCC1. The van der Waals surface area contributed by atoms with Gasteiger partial charge in [-0.05, 0) is 25.7 Å². The molecule has 0 spiro atoms. The van der Waals surface area contributed by atoms with Crippen LogP contribution >= 0.6 is 0 Å². The standard InChI is InChI=1S/C14H20F3N3O2/c15-14(16,17)13-10(4-3-7-21)8-20(19-13)9-12(22)18-11-5-1-2-6-11/h8,11,21H,1-7,9H2,(H,18,22). The Balaban J connectivity index is 2.03. The molecule has 1 heterocycles. The van der Waals surface area contributed by atoms with Crippen molar-refractivity contribution in [2.45, 2.75) is 57.3 Å². The van der Waals surface area contributed by atoms with Crippen molar-refractivity contribution < 1.29 is 23.1 Å². The highest BCUT2D eigenvalue weighted by Gasteiger charge is 2.37. The minimum Gasteiger partial charge on any atom is -0.396 e. The predicted molar refractivity (Wildman–Crippen MR) is 73.0 cm³/mol. The van der Waals surface area contributed by atoms with Crippen molar-refractivity contribution in [3.8, 4) is 0 Å². The maximum atomic E-state index is 12.9. The summed E-state index contributed by atoms with van der Waals surface area (Å²) in [6.07, 6.45) is 0.955. The van der Waals surface area contributed by atoms with Crippen molar-refractivity contribution in [2.75, 3.05) is 6.61 Å². The zero-order valence-electron chi connectivity index (χ0n) is 12.2. The van der Waals surface area contributed by atoms with E-state index < -0.39 is 11.9 Å². The summed E-state index contributed by atoms with van der Waals surface area (Å²) in [5, 5.41) is 15.1. The van der Waals surface area contributed by atoms with Crippen LogP contribution < -0.4 is 5.32 Å². The molecule has 0 aliphatic heterocycles. The van der Waals surface area contributed by atoms with Crippen LogP contribution in [-0.2, 0) is 23.9 Å². The molecule has 1 aromatic heterocycles. The molecule has 1 fully saturated rings. The molecule has 8 heteroatoms. The number of aliphatic hydroxyl groups excluding tert-OH is 1. The number of alkyl halides is 3. The third-order valence-corrected chi connectivity index (χ3v) is 3.74. The minimum absolute atomic E-state index is 0.00946. The van der Waals surface area contributed by atoms with Gasteiger partial charge in [-0.15, -0.1) is 0 Å². The number of nitrogens with one attached hydrogen (secondary N) is 1. The van der Waals surface area contributed by atoms with Gasteiger partial charge in [-0.1, -0.05) is 12.8 Å². The van der Waals surface area contributed by atoms with Crippen molar-refractivity contribution in [1.29, 1.82) is 0 Å². The quantitative estimate of drug-likeness (QED) is 0.841. The molecule has 0 unspecified atom stereocenters. The molecule has 1 aliphatic rings. The Labute approximate surface area is 126 Å². The van der Waals surface area contributed by atoms with Gasteiger partial charge in [0.05, 0.1) is 0 Å². The first-order valence-electron chi connectivity index (χ1n) is 7.44. The van der Waals surface area contributed by atoms with E-state index in [1.54, 1.807) is 0 Å². The lowest BCUT2D eigenvalue weighted by Gasteiger charge is -2.11. The first-order valence-corrected chi connectivity index (χ1v) is 7.44. The van der Waals surface area contributed by atoms with Gasteiger partial charge in [0.15, 0.2) is 5.69 Å². The van der Waals surface area contributed by atoms with Crippen LogP contribution in [0.15, 0.2) is 6.20 Å². The molecular weight excluding hydrogens is 299 g/mol. The summed E-state index contributed by atoms with van der Waals surface area (Å²) < 4.78 is 39.8. The van der Waals surface area contributed by atoms with Crippen molar-refractivity contribution in [3.05, 3.63) is 17.5 Å². The van der Waals surface area contributed by atoms with Gasteiger partial charge in [0, 0.05) is 24.4 Å². The van der Waals surface area contributed by atoms with Gasteiger partial charge in [-0.25, -0.2) is 0 Å². The van der Waals surface area contributed by atoms with Crippen LogP contribution in [0.25, 0.3) is 0 Å².